The minimum atomic E-state index is -0.465. The third kappa shape index (κ3) is 5.75. The monoisotopic (exact) mass is 394 g/mol. The topological polar surface area (TPSA) is 84.5 Å². The average Bonchev–Trinajstić information content (AvgIpc) is 2.60. The summed E-state index contributed by atoms with van der Waals surface area (Å²) in [5, 5.41) is 5.99. The van der Waals surface area contributed by atoms with Crippen LogP contribution in [0.5, 0.6) is 5.75 Å². The Morgan fingerprint density at radius 2 is 1.50 bits per heavy atom. The molecule has 6 nitrogen and oxygen atoms in total. The van der Waals surface area contributed by atoms with Gasteiger partial charge in [-0.2, -0.15) is 0 Å². The lowest BCUT2D eigenvalue weighted by Gasteiger charge is -2.08. The van der Waals surface area contributed by atoms with E-state index in [4.69, 9.17) is 27.9 Å². The Labute approximate surface area is 160 Å². The maximum absolute atomic E-state index is 12.1. The Morgan fingerprint density at radius 3 is 2.08 bits per heavy atom. The fourth-order valence-corrected chi connectivity index (χ4v) is 2.36. The molecule has 2 N–H and O–H groups in total. The average molecular weight is 395 g/mol. The van der Waals surface area contributed by atoms with Crippen molar-refractivity contribution in [1.82, 2.24) is 10.6 Å². The first-order valence-corrected chi connectivity index (χ1v) is 8.42. The van der Waals surface area contributed by atoms with E-state index in [1.165, 1.54) is 25.1 Å². The summed E-state index contributed by atoms with van der Waals surface area (Å²) in [4.78, 5) is 35.0. The lowest BCUT2D eigenvalue weighted by Crippen LogP contribution is -2.34. The second-order valence-corrected chi connectivity index (χ2v) is 6.08. The zero-order valence-electron chi connectivity index (χ0n) is 13.8. The highest BCUT2D eigenvalue weighted by atomic mass is 35.5. The van der Waals surface area contributed by atoms with Crippen LogP contribution in [-0.4, -0.2) is 30.9 Å². The minimum Gasteiger partial charge on any atom is -0.427 e. The van der Waals surface area contributed by atoms with E-state index in [1.54, 1.807) is 24.3 Å². The van der Waals surface area contributed by atoms with Crippen molar-refractivity contribution in [2.45, 2.75) is 6.92 Å². The standard InChI is InChI=1S/C18H16Cl2N2O4/c1-11(23)26-14-4-2-3-12(9-14)17(24)21-7-8-22-18(25)13-5-6-15(19)16(20)10-13/h2-6,9-10H,7-8H2,1H3,(H,21,24)(H,22,25). The third-order valence-electron chi connectivity index (χ3n) is 3.24. The summed E-state index contributed by atoms with van der Waals surface area (Å²) in [6, 6.07) is 10.8. The van der Waals surface area contributed by atoms with Gasteiger partial charge in [-0.1, -0.05) is 29.3 Å². The van der Waals surface area contributed by atoms with Crippen LogP contribution >= 0.6 is 23.2 Å². The highest BCUT2D eigenvalue weighted by Crippen LogP contribution is 2.22. The number of carbonyl (C=O) groups is 3. The van der Waals surface area contributed by atoms with Gasteiger partial charge in [-0.25, -0.2) is 0 Å². The molecule has 2 rings (SSSR count). The summed E-state index contributed by atoms with van der Waals surface area (Å²) in [7, 11) is 0. The van der Waals surface area contributed by atoms with E-state index in [0.29, 0.717) is 21.2 Å². The molecule has 0 saturated heterocycles. The smallest absolute Gasteiger partial charge is 0.308 e. The Balaban J connectivity index is 1.82. The Kier molecular flexibility index (Phi) is 7.00. The van der Waals surface area contributed by atoms with Gasteiger partial charge < -0.3 is 15.4 Å². The van der Waals surface area contributed by atoms with Gasteiger partial charge in [0.25, 0.3) is 11.8 Å². The number of nitrogens with one attached hydrogen (secondary N) is 2. The second kappa shape index (κ2) is 9.22. The van der Waals surface area contributed by atoms with Crippen LogP contribution in [0.3, 0.4) is 0 Å². The van der Waals surface area contributed by atoms with Crippen LogP contribution in [0.1, 0.15) is 27.6 Å². The maximum Gasteiger partial charge on any atom is 0.308 e. The van der Waals surface area contributed by atoms with Crippen LogP contribution in [0.15, 0.2) is 42.5 Å². The summed E-state index contributed by atoms with van der Waals surface area (Å²) in [6.07, 6.45) is 0. The van der Waals surface area contributed by atoms with Crippen LogP contribution < -0.4 is 15.4 Å². The van der Waals surface area contributed by atoms with Crippen molar-refractivity contribution in [3.8, 4) is 5.75 Å². The largest absolute Gasteiger partial charge is 0.427 e. The van der Waals surface area contributed by atoms with Crippen LogP contribution in [0.25, 0.3) is 0 Å². The lowest BCUT2D eigenvalue weighted by atomic mass is 10.2. The molecule has 0 atom stereocenters. The predicted octanol–water partition coefficient (Wildman–Crippen LogP) is 3.08. The van der Waals surface area contributed by atoms with Gasteiger partial charge in [0.1, 0.15) is 5.75 Å². The van der Waals surface area contributed by atoms with E-state index in [2.05, 4.69) is 10.6 Å². The minimum absolute atomic E-state index is 0.226. The number of esters is 1. The fraction of sp³-hybridized carbons (Fsp3) is 0.167. The van der Waals surface area contributed by atoms with Crippen LogP contribution in [0.4, 0.5) is 0 Å². The molecule has 2 aromatic carbocycles. The predicted molar refractivity (Wildman–Crippen MR) is 98.9 cm³/mol. The van der Waals surface area contributed by atoms with Crippen molar-refractivity contribution in [2.24, 2.45) is 0 Å². The van der Waals surface area contributed by atoms with Crippen molar-refractivity contribution in [3.05, 3.63) is 63.6 Å². The van der Waals surface area contributed by atoms with Gasteiger partial charge in [-0.15, -0.1) is 0 Å². The van der Waals surface area contributed by atoms with Gasteiger partial charge in [0.15, 0.2) is 0 Å². The first-order chi connectivity index (χ1) is 12.4. The quantitative estimate of drug-likeness (QED) is 0.447. The zero-order valence-corrected chi connectivity index (χ0v) is 15.4. The number of ether oxygens (including phenoxy) is 1. The number of hydrogen-bond acceptors (Lipinski definition) is 4. The summed E-state index contributed by atoms with van der Waals surface area (Å²) in [5.41, 5.74) is 0.722. The number of carbonyl (C=O) groups excluding carboxylic acids is 3. The molecule has 0 aromatic heterocycles. The first kappa shape index (κ1) is 19.8. The van der Waals surface area contributed by atoms with Gasteiger partial charge in [0, 0.05) is 31.1 Å². The number of benzene rings is 2. The number of halogens is 2. The first-order valence-electron chi connectivity index (χ1n) is 7.67. The summed E-state index contributed by atoms with van der Waals surface area (Å²) < 4.78 is 4.93. The number of rotatable bonds is 6. The van der Waals surface area contributed by atoms with Crippen molar-refractivity contribution in [3.63, 3.8) is 0 Å². The van der Waals surface area contributed by atoms with Gasteiger partial charge in [0.05, 0.1) is 10.0 Å². The van der Waals surface area contributed by atoms with Crippen LogP contribution in [0, 0.1) is 0 Å². The molecule has 2 amide bonds. The van der Waals surface area contributed by atoms with Gasteiger partial charge in [-0.05, 0) is 36.4 Å². The molecule has 2 aromatic rings. The third-order valence-corrected chi connectivity index (χ3v) is 3.97. The van der Waals surface area contributed by atoms with E-state index in [-0.39, 0.29) is 30.7 Å². The number of hydrogen-bond donors (Lipinski definition) is 2. The van der Waals surface area contributed by atoms with E-state index >= 15 is 0 Å². The molecule has 0 aliphatic rings. The lowest BCUT2D eigenvalue weighted by molar-refractivity contribution is -0.131. The normalized spacial score (nSPS) is 10.1. The van der Waals surface area contributed by atoms with Crippen LogP contribution in [0.2, 0.25) is 10.0 Å². The van der Waals surface area contributed by atoms with E-state index in [0.717, 1.165) is 0 Å². The molecule has 26 heavy (non-hydrogen) atoms. The second-order valence-electron chi connectivity index (χ2n) is 5.26. The molecule has 8 heteroatoms. The van der Waals surface area contributed by atoms with E-state index in [1.807, 2.05) is 0 Å². The molecular formula is C18H16Cl2N2O4. The van der Waals surface area contributed by atoms with E-state index < -0.39 is 5.97 Å². The molecule has 0 saturated carbocycles. The highest BCUT2D eigenvalue weighted by Gasteiger charge is 2.09. The summed E-state index contributed by atoms with van der Waals surface area (Å²) in [5.74, 6) is -0.844. The highest BCUT2D eigenvalue weighted by molar-refractivity contribution is 6.42. The molecule has 0 heterocycles. The van der Waals surface area contributed by atoms with Crippen molar-refractivity contribution < 1.29 is 19.1 Å². The summed E-state index contributed by atoms with van der Waals surface area (Å²) >= 11 is 11.7. The Morgan fingerprint density at radius 1 is 0.885 bits per heavy atom. The molecular weight excluding hydrogens is 379 g/mol. The fourth-order valence-electron chi connectivity index (χ4n) is 2.06. The molecule has 0 unspecified atom stereocenters. The van der Waals surface area contributed by atoms with Crippen molar-refractivity contribution >= 4 is 41.0 Å². The zero-order chi connectivity index (χ0) is 19.1. The van der Waals surface area contributed by atoms with Gasteiger partial charge >= 0.3 is 5.97 Å². The van der Waals surface area contributed by atoms with Crippen LogP contribution in [-0.2, 0) is 4.79 Å². The molecule has 0 fully saturated rings. The van der Waals surface area contributed by atoms with Crippen molar-refractivity contribution in [2.75, 3.05) is 13.1 Å². The summed E-state index contributed by atoms with van der Waals surface area (Å²) in [6.45, 7) is 1.74. The molecule has 0 bridgehead atoms. The molecule has 136 valence electrons. The van der Waals surface area contributed by atoms with E-state index in [9.17, 15) is 14.4 Å². The van der Waals surface area contributed by atoms with Crippen molar-refractivity contribution in [1.29, 1.82) is 0 Å². The Bertz CT molecular complexity index is 840. The maximum atomic E-state index is 12.1. The Hall–Kier alpha value is -2.57. The molecule has 0 aliphatic heterocycles. The molecule has 0 spiro atoms. The van der Waals surface area contributed by atoms with Gasteiger partial charge in [-0.3, -0.25) is 14.4 Å². The molecule has 0 aliphatic carbocycles. The molecule has 0 radical (unpaired) electrons. The van der Waals surface area contributed by atoms with Gasteiger partial charge in [0.2, 0.25) is 0 Å². The SMILES string of the molecule is CC(=O)Oc1cccc(C(=O)NCCNC(=O)c2ccc(Cl)c(Cl)c2)c1. The number of amides is 2.